The molecule has 20 heavy (non-hydrogen) atoms. The Morgan fingerprint density at radius 1 is 1.15 bits per heavy atom. The van der Waals surface area contributed by atoms with E-state index in [4.69, 9.17) is 0 Å². The lowest BCUT2D eigenvalue weighted by Gasteiger charge is -2.11. The number of pyridine rings is 1. The smallest absolute Gasteiger partial charge is 0.346 e. The largest absolute Gasteiger partial charge is 0.417 e. The van der Waals surface area contributed by atoms with E-state index in [1.807, 2.05) is 0 Å². The van der Waals surface area contributed by atoms with Gasteiger partial charge >= 0.3 is 6.18 Å². The number of rotatable bonds is 3. The molecule has 5 nitrogen and oxygen atoms in total. The monoisotopic (exact) mass is 282 g/mol. The Labute approximate surface area is 111 Å². The number of carbonyl (C=O) groups excluding carboxylic acids is 1. The minimum Gasteiger partial charge on any atom is -0.346 e. The highest BCUT2D eigenvalue weighted by Crippen LogP contribution is 2.31. The minimum absolute atomic E-state index is 0.0150. The van der Waals surface area contributed by atoms with Crippen molar-refractivity contribution in [2.45, 2.75) is 12.7 Å². The second kappa shape index (κ2) is 5.64. The summed E-state index contributed by atoms with van der Waals surface area (Å²) >= 11 is 0. The molecule has 0 fully saturated rings. The number of hydrogen-bond donors (Lipinski definition) is 1. The molecule has 0 unspecified atom stereocenters. The minimum atomic E-state index is -4.61. The Morgan fingerprint density at radius 2 is 1.90 bits per heavy atom. The van der Waals surface area contributed by atoms with Crippen LogP contribution in [0, 0.1) is 0 Å². The highest BCUT2D eigenvalue weighted by molar-refractivity contribution is 5.95. The first kappa shape index (κ1) is 13.9. The maximum absolute atomic E-state index is 12.7. The number of halogens is 3. The second-order valence-corrected chi connectivity index (χ2v) is 3.80. The molecule has 2 aromatic rings. The fourth-order valence-corrected chi connectivity index (χ4v) is 1.51. The lowest BCUT2D eigenvalue weighted by molar-refractivity contribution is -0.138. The Kier molecular flexibility index (Phi) is 3.92. The molecule has 0 aromatic carbocycles. The van der Waals surface area contributed by atoms with Gasteiger partial charge in [0.05, 0.1) is 29.6 Å². The van der Waals surface area contributed by atoms with E-state index in [1.54, 1.807) is 0 Å². The van der Waals surface area contributed by atoms with Gasteiger partial charge in [-0.15, -0.1) is 0 Å². The predicted molar refractivity (Wildman–Crippen MR) is 62.4 cm³/mol. The zero-order valence-electron chi connectivity index (χ0n) is 10.1. The number of nitrogens with zero attached hydrogens (tertiary/aromatic N) is 3. The van der Waals surface area contributed by atoms with Crippen molar-refractivity contribution < 1.29 is 18.0 Å². The third-order valence-electron chi connectivity index (χ3n) is 2.42. The molecule has 0 aliphatic rings. The van der Waals surface area contributed by atoms with Crippen molar-refractivity contribution in [3.63, 3.8) is 0 Å². The summed E-state index contributed by atoms with van der Waals surface area (Å²) in [5, 5.41) is 2.35. The SMILES string of the molecule is O=C(NCc1cnccn1)c1cnccc1C(F)(F)F. The first-order valence-electron chi connectivity index (χ1n) is 5.53. The van der Waals surface area contributed by atoms with Crippen LogP contribution < -0.4 is 5.32 Å². The third kappa shape index (κ3) is 3.28. The molecule has 1 N–H and O–H groups in total. The van der Waals surface area contributed by atoms with Crippen LogP contribution >= 0.6 is 0 Å². The summed E-state index contributed by atoms with van der Waals surface area (Å²) in [5.74, 6) is -0.865. The van der Waals surface area contributed by atoms with Gasteiger partial charge in [-0.25, -0.2) is 0 Å². The molecule has 0 spiro atoms. The van der Waals surface area contributed by atoms with Crippen molar-refractivity contribution in [1.29, 1.82) is 0 Å². The summed E-state index contributed by atoms with van der Waals surface area (Å²) in [6.07, 6.45) is 1.55. The summed E-state index contributed by atoms with van der Waals surface area (Å²) in [6.45, 7) is -0.0150. The molecule has 0 radical (unpaired) electrons. The first-order chi connectivity index (χ1) is 9.48. The van der Waals surface area contributed by atoms with Gasteiger partial charge in [0.15, 0.2) is 0 Å². The van der Waals surface area contributed by atoms with Gasteiger partial charge in [-0.05, 0) is 6.07 Å². The Bertz CT molecular complexity index is 601. The standard InChI is InChI=1S/C12H9F3N4O/c13-12(14,15)10-1-2-16-7-9(10)11(20)19-6-8-5-17-3-4-18-8/h1-5,7H,6H2,(H,19,20). The molecule has 0 bridgehead atoms. The molecule has 2 aromatic heterocycles. The zero-order chi connectivity index (χ0) is 14.6. The number of aromatic nitrogens is 3. The number of hydrogen-bond acceptors (Lipinski definition) is 4. The summed E-state index contributed by atoms with van der Waals surface area (Å²) < 4.78 is 38.2. The Balaban J connectivity index is 2.14. The van der Waals surface area contributed by atoms with Crippen LogP contribution in [-0.2, 0) is 12.7 Å². The molecule has 0 aliphatic carbocycles. The van der Waals surface area contributed by atoms with Crippen LogP contribution in [0.15, 0.2) is 37.1 Å². The quantitative estimate of drug-likeness (QED) is 0.932. The van der Waals surface area contributed by atoms with Crippen LogP contribution in [0.2, 0.25) is 0 Å². The average molecular weight is 282 g/mol. The van der Waals surface area contributed by atoms with Gasteiger partial charge in [0.25, 0.3) is 5.91 Å². The van der Waals surface area contributed by atoms with E-state index >= 15 is 0 Å². The van der Waals surface area contributed by atoms with E-state index in [2.05, 4.69) is 20.3 Å². The summed E-state index contributed by atoms with van der Waals surface area (Å²) in [5.41, 5.74) is -1.11. The molecule has 0 aliphatic heterocycles. The fraction of sp³-hybridized carbons (Fsp3) is 0.167. The third-order valence-corrected chi connectivity index (χ3v) is 2.42. The van der Waals surface area contributed by atoms with Crippen molar-refractivity contribution in [3.05, 3.63) is 53.9 Å². The van der Waals surface area contributed by atoms with Gasteiger partial charge in [-0.1, -0.05) is 0 Å². The molecule has 8 heteroatoms. The van der Waals surface area contributed by atoms with Crippen LogP contribution in [0.4, 0.5) is 13.2 Å². The molecular formula is C12H9F3N4O. The van der Waals surface area contributed by atoms with Crippen LogP contribution in [0.3, 0.4) is 0 Å². The van der Waals surface area contributed by atoms with E-state index in [-0.39, 0.29) is 6.54 Å². The first-order valence-corrected chi connectivity index (χ1v) is 5.53. The normalized spacial score (nSPS) is 11.2. The lowest BCUT2D eigenvalue weighted by atomic mass is 10.1. The topological polar surface area (TPSA) is 67.8 Å². The molecule has 2 heterocycles. The number of nitrogens with one attached hydrogen (secondary N) is 1. The van der Waals surface area contributed by atoms with E-state index in [1.165, 1.54) is 18.6 Å². The Hall–Kier alpha value is -2.51. The lowest BCUT2D eigenvalue weighted by Crippen LogP contribution is -2.26. The van der Waals surface area contributed by atoms with Gasteiger partial charge in [0, 0.05) is 24.8 Å². The van der Waals surface area contributed by atoms with Crippen molar-refractivity contribution in [3.8, 4) is 0 Å². The molecule has 0 atom stereocenters. The summed E-state index contributed by atoms with van der Waals surface area (Å²) in [7, 11) is 0. The molecular weight excluding hydrogens is 273 g/mol. The molecule has 104 valence electrons. The van der Waals surface area contributed by atoms with Crippen LogP contribution in [0.1, 0.15) is 21.6 Å². The van der Waals surface area contributed by atoms with E-state index in [0.29, 0.717) is 5.69 Å². The van der Waals surface area contributed by atoms with E-state index < -0.39 is 23.2 Å². The molecule has 0 saturated carbocycles. The highest BCUT2D eigenvalue weighted by atomic mass is 19.4. The van der Waals surface area contributed by atoms with Crippen molar-refractivity contribution in [2.24, 2.45) is 0 Å². The van der Waals surface area contributed by atoms with Gasteiger partial charge in [0.1, 0.15) is 0 Å². The van der Waals surface area contributed by atoms with Crippen LogP contribution in [0.5, 0.6) is 0 Å². The van der Waals surface area contributed by atoms with Gasteiger partial charge < -0.3 is 5.32 Å². The van der Waals surface area contributed by atoms with Crippen LogP contribution in [-0.4, -0.2) is 20.9 Å². The molecule has 0 saturated heterocycles. The number of alkyl halides is 3. The average Bonchev–Trinajstić information content (AvgIpc) is 2.45. The van der Waals surface area contributed by atoms with E-state index in [0.717, 1.165) is 18.5 Å². The number of carbonyl (C=O) groups is 1. The maximum atomic E-state index is 12.7. The van der Waals surface area contributed by atoms with Crippen LogP contribution in [0.25, 0.3) is 0 Å². The molecule has 2 rings (SSSR count). The van der Waals surface area contributed by atoms with Crippen molar-refractivity contribution in [1.82, 2.24) is 20.3 Å². The number of amides is 1. The predicted octanol–water partition coefficient (Wildman–Crippen LogP) is 1.82. The van der Waals surface area contributed by atoms with Gasteiger partial charge in [-0.2, -0.15) is 13.2 Å². The maximum Gasteiger partial charge on any atom is 0.417 e. The fourth-order valence-electron chi connectivity index (χ4n) is 1.51. The summed E-state index contributed by atoms with van der Waals surface area (Å²) in [4.78, 5) is 23.0. The Morgan fingerprint density at radius 3 is 2.55 bits per heavy atom. The second-order valence-electron chi connectivity index (χ2n) is 3.80. The van der Waals surface area contributed by atoms with Crippen molar-refractivity contribution in [2.75, 3.05) is 0 Å². The van der Waals surface area contributed by atoms with Crippen molar-refractivity contribution >= 4 is 5.91 Å². The van der Waals surface area contributed by atoms with E-state index in [9.17, 15) is 18.0 Å². The molecule has 1 amide bonds. The summed E-state index contributed by atoms with van der Waals surface area (Å²) in [6, 6.07) is 0.761. The van der Waals surface area contributed by atoms with Gasteiger partial charge in [0.2, 0.25) is 0 Å². The zero-order valence-corrected chi connectivity index (χ0v) is 10.1. The van der Waals surface area contributed by atoms with Gasteiger partial charge in [-0.3, -0.25) is 19.7 Å². The highest BCUT2D eigenvalue weighted by Gasteiger charge is 2.35.